The van der Waals surface area contributed by atoms with Crippen LogP contribution in [-0.4, -0.2) is 47.8 Å². The molecule has 4 rings (SSSR count). The third kappa shape index (κ3) is 3.16. The van der Waals surface area contributed by atoms with Crippen molar-refractivity contribution in [1.29, 1.82) is 0 Å². The lowest BCUT2D eigenvalue weighted by atomic mass is 9.80. The number of esters is 1. The van der Waals surface area contributed by atoms with E-state index in [1.54, 1.807) is 0 Å². The van der Waals surface area contributed by atoms with Gasteiger partial charge >= 0.3 is 5.97 Å². The number of methoxy groups -OCH3 is 1. The van der Waals surface area contributed by atoms with Crippen molar-refractivity contribution in [2.75, 3.05) is 20.2 Å². The van der Waals surface area contributed by atoms with Gasteiger partial charge in [-0.25, -0.2) is 9.18 Å². The van der Waals surface area contributed by atoms with Gasteiger partial charge in [-0.3, -0.25) is 4.90 Å². The molecule has 0 N–H and O–H groups in total. The SMILES string of the molecule is COC(=O)c1c(C)n([C@H](C)C2CCC(N3CC(F)C3)CC2)c2ccccc12. The van der Waals surface area contributed by atoms with E-state index in [0.717, 1.165) is 42.3 Å². The first-order chi connectivity index (χ1) is 13.0. The standard InChI is InChI=1S/C22H29FN2O2/c1-14(16-8-10-18(11-9-16)24-12-17(23)13-24)25-15(2)21(22(26)27-3)19-6-4-5-7-20(19)25/h4-7,14,16-18H,8-13H2,1-3H3/t14-,16?,18?/m1/s1. The van der Waals surface area contributed by atoms with Crippen LogP contribution in [0.4, 0.5) is 4.39 Å². The molecule has 0 unspecified atom stereocenters. The molecular weight excluding hydrogens is 343 g/mol. The zero-order valence-corrected chi connectivity index (χ0v) is 16.5. The Morgan fingerprint density at radius 3 is 2.48 bits per heavy atom. The van der Waals surface area contributed by atoms with Gasteiger partial charge in [0.05, 0.1) is 12.7 Å². The van der Waals surface area contributed by atoms with Crippen LogP contribution in [0.25, 0.3) is 10.9 Å². The molecule has 0 radical (unpaired) electrons. The van der Waals surface area contributed by atoms with E-state index < -0.39 is 6.17 Å². The highest BCUT2D eigenvalue weighted by Crippen LogP contribution is 2.39. The Bertz CT molecular complexity index is 832. The number of nitrogens with zero attached hydrogens (tertiary/aromatic N) is 2. The van der Waals surface area contributed by atoms with Gasteiger partial charge in [-0.1, -0.05) is 18.2 Å². The number of alkyl halides is 1. The van der Waals surface area contributed by atoms with Crippen molar-refractivity contribution >= 4 is 16.9 Å². The number of benzene rings is 1. The van der Waals surface area contributed by atoms with Crippen LogP contribution >= 0.6 is 0 Å². The van der Waals surface area contributed by atoms with Crippen molar-refractivity contribution in [2.24, 2.45) is 5.92 Å². The molecule has 2 fully saturated rings. The van der Waals surface area contributed by atoms with E-state index in [0.29, 0.717) is 36.7 Å². The molecule has 146 valence electrons. The van der Waals surface area contributed by atoms with Crippen molar-refractivity contribution in [2.45, 2.75) is 57.8 Å². The number of aromatic nitrogens is 1. The molecule has 0 bridgehead atoms. The maximum Gasteiger partial charge on any atom is 0.340 e. The largest absolute Gasteiger partial charge is 0.465 e. The van der Waals surface area contributed by atoms with Gasteiger partial charge in [0, 0.05) is 41.8 Å². The number of carbonyl (C=O) groups is 1. The minimum absolute atomic E-state index is 0.267. The van der Waals surface area contributed by atoms with Crippen molar-refractivity contribution in [3.05, 3.63) is 35.5 Å². The minimum Gasteiger partial charge on any atom is -0.465 e. The molecular formula is C22H29FN2O2. The predicted octanol–water partition coefficient (Wildman–Crippen LogP) is 4.51. The van der Waals surface area contributed by atoms with Gasteiger partial charge in [0.25, 0.3) is 0 Å². The second-order valence-electron chi connectivity index (χ2n) is 8.20. The predicted molar refractivity (Wildman–Crippen MR) is 105 cm³/mol. The van der Waals surface area contributed by atoms with Gasteiger partial charge in [0.2, 0.25) is 0 Å². The summed E-state index contributed by atoms with van der Waals surface area (Å²) in [6.45, 7) is 5.53. The molecule has 1 aliphatic carbocycles. The molecule has 0 spiro atoms. The zero-order chi connectivity index (χ0) is 19.1. The van der Waals surface area contributed by atoms with Gasteiger partial charge in [-0.05, 0) is 51.5 Å². The highest BCUT2D eigenvalue weighted by atomic mass is 19.1. The van der Waals surface area contributed by atoms with Crippen LogP contribution in [-0.2, 0) is 4.74 Å². The lowest BCUT2D eigenvalue weighted by Crippen LogP contribution is -2.54. The lowest BCUT2D eigenvalue weighted by Gasteiger charge is -2.44. The molecule has 2 aromatic rings. The zero-order valence-electron chi connectivity index (χ0n) is 16.5. The van der Waals surface area contributed by atoms with Crippen LogP contribution in [0.5, 0.6) is 0 Å². The molecule has 1 aromatic carbocycles. The molecule has 2 aliphatic rings. The summed E-state index contributed by atoms with van der Waals surface area (Å²) in [6.07, 6.45) is 3.97. The molecule has 27 heavy (non-hydrogen) atoms. The molecule has 1 aliphatic heterocycles. The Kier molecular flexibility index (Phi) is 4.97. The van der Waals surface area contributed by atoms with Crippen molar-refractivity contribution in [1.82, 2.24) is 9.47 Å². The van der Waals surface area contributed by atoms with Crippen LogP contribution in [0, 0.1) is 12.8 Å². The Balaban J connectivity index is 1.57. The van der Waals surface area contributed by atoms with E-state index >= 15 is 0 Å². The quantitative estimate of drug-likeness (QED) is 0.741. The number of likely N-dealkylation sites (tertiary alicyclic amines) is 1. The third-order valence-electron chi connectivity index (χ3n) is 6.76. The van der Waals surface area contributed by atoms with Gasteiger partial charge in [-0.15, -0.1) is 0 Å². The van der Waals surface area contributed by atoms with Gasteiger partial charge in [-0.2, -0.15) is 0 Å². The average Bonchev–Trinajstić information content (AvgIpc) is 2.96. The molecule has 2 heterocycles. The molecule has 1 aromatic heterocycles. The molecule has 1 saturated carbocycles. The number of hydrogen-bond donors (Lipinski definition) is 0. The van der Waals surface area contributed by atoms with E-state index in [9.17, 15) is 9.18 Å². The maximum absolute atomic E-state index is 13.2. The number of para-hydroxylation sites is 1. The monoisotopic (exact) mass is 372 g/mol. The molecule has 0 amide bonds. The number of carbonyl (C=O) groups excluding carboxylic acids is 1. The number of rotatable bonds is 4. The minimum atomic E-state index is -0.618. The summed E-state index contributed by atoms with van der Waals surface area (Å²) in [6, 6.07) is 8.97. The topological polar surface area (TPSA) is 34.5 Å². The third-order valence-corrected chi connectivity index (χ3v) is 6.76. The Hall–Kier alpha value is -1.88. The summed E-state index contributed by atoms with van der Waals surface area (Å²) in [5.74, 6) is 0.306. The number of fused-ring (bicyclic) bond motifs is 1. The summed E-state index contributed by atoms with van der Waals surface area (Å²) in [7, 11) is 1.44. The van der Waals surface area contributed by atoms with Crippen LogP contribution < -0.4 is 0 Å². The fourth-order valence-corrected chi connectivity index (χ4v) is 5.19. The lowest BCUT2D eigenvalue weighted by molar-refractivity contribution is 0.00542. The van der Waals surface area contributed by atoms with Crippen molar-refractivity contribution in [3.8, 4) is 0 Å². The maximum atomic E-state index is 13.2. The van der Waals surface area contributed by atoms with E-state index in [4.69, 9.17) is 4.74 Å². The highest BCUT2D eigenvalue weighted by molar-refractivity contribution is 6.05. The van der Waals surface area contributed by atoms with E-state index in [1.807, 2.05) is 25.1 Å². The van der Waals surface area contributed by atoms with E-state index in [2.05, 4.69) is 22.5 Å². The summed E-state index contributed by atoms with van der Waals surface area (Å²) < 4.78 is 20.5. The van der Waals surface area contributed by atoms with Gasteiger partial charge < -0.3 is 9.30 Å². The molecule has 4 nitrogen and oxygen atoms in total. The van der Waals surface area contributed by atoms with Crippen molar-refractivity contribution in [3.63, 3.8) is 0 Å². The van der Waals surface area contributed by atoms with E-state index in [1.165, 1.54) is 7.11 Å². The first kappa shape index (κ1) is 18.5. The summed E-state index contributed by atoms with van der Waals surface area (Å²) in [4.78, 5) is 14.7. The Morgan fingerprint density at radius 1 is 1.19 bits per heavy atom. The fraction of sp³-hybridized carbons (Fsp3) is 0.591. The first-order valence-electron chi connectivity index (χ1n) is 10.1. The molecule has 1 saturated heterocycles. The Labute approximate surface area is 160 Å². The van der Waals surface area contributed by atoms with Crippen LogP contribution in [0.3, 0.4) is 0 Å². The molecule has 5 heteroatoms. The summed E-state index contributed by atoms with van der Waals surface area (Å²) in [5, 5.41) is 0.969. The second-order valence-corrected chi connectivity index (χ2v) is 8.20. The first-order valence-corrected chi connectivity index (χ1v) is 10.1. The fourth-order valence-electron chi connectivity index (χ4n) is 5.19. The van der Waals surface area contributed by atoms with Crippen LogP contribution in [0.15, 0.2) is 24.3 Å². The van der Waals surface area contributed by atoms with Gasteiger partial charge in [0.15, 0.2) is 0 Å². The Morgan fingerprint density at radius 2 is 1.85 bits per heavy atom. The van der Waals surface area contributed by atoms with Crippen molar-refractivity contribution < 1.29 is 13.9 Å². The van der Waals surface area contributed by atoms with Gasteiger partial charge in [0.1, 0.15) is 6.17 Å². The van der Waals surface area contributed by atoms with Crippen LogP contribution in [0.2, 0.25) is 0 Å². The molecule has 1 atom stereocenters. The average molecular weight is 372 g/mol. The second kappa shape index (κ2) is 7.27. The summed E-state index contributed by atoms with van der Waals surface area (Å²) >= 11 is 0. The highest BCUT2D eigenvalue weighted by Gasteiger charge is 2.36. The van der Waals surface area contributed by atoms with E-state index in [-0.39, 0.29) is 5.97 Å². The normalized spacial score (nSPS) is 25.3. The number of ether oxygens (including phenoxy) is 1. The number of hydrogen-bond acceptors (Lipinski definition) is 3. The smallest absolute Gasteiger partial charge is 0.340 e. The summed E-state index contributed by atoms with van der Waals surface area (Å²) in [5.41, 5.74) is 2.77. The van der Waals surface area contributed by atoms with Crippen LogP contribution in [0.1, 0.15) is 54.7 Å². The number of halogens is 1.